The maximum Gasteiger partial charge on any atom is 0.264 e. The molecule has 0 radical (unpaired) electrons. The minimum Gasteiger partial charge on any atom is -0.456 e. The van der Waals surface area contributed by atoms with Crippen LogP contribution in [0, 0.1) is 11.3 Å². The van der Waals surface area contributed by atoms with E-state index in [1.807, 2.05) is 11.4 Å². The summed E-state index contributed by atoms with van der Waals surface area (Å²) >= 11 is 13.4. The third kappa shape index (κ3) is 5.16. The van der Waals surface area contributed by atoms with E-state index in [1.54, 1.807) is 17.0 Å². The van der Waals surface area contributed by atoms with Crippen molar-refractivity contribution < 1.29 is 17.9 Å². The molecule has 0 atom stereocenters. The zero-order valence-electron chi connectivity index (χ0n) is 17.1. The van der Waals surface area contributed by atoms with Gasteiger partial charge in [0.05, 0.1) is 16.5 Å². The van der Waals surface area contributed by atoms with Crippen LogP contribution in [-0.4, -0.2) is 49.7 Å². The maximum absolute atomic E-state index is 13.5. The summed E-state index contributed by atoms with van der Waals surface area (Å²) < 4.78 is 34.1. The predicted octanol–water partition coefficient (Wildman–Crippen LogP) is 4.87. The predicted molar refractivity (Wildman–Crippen MR) is 127 cm³/mol. The number of nitrogens with zero attached hydrogens (tertiary/aromatic N) is 3. The molecule has 0 N–H and O–H groups in total. The van der Waals surface area contributed by atoms with Crippen molar-refractivity contribution in [3.63, 3.8) is 0 Å². The molecule has 11 heteroatoms. The first kappa shape index (κ1) is 23.5. The number of thiophene rings is 1. The van der Waals surface area contributed by atoms with Crippen molar-refractivity contribution in [3.8, 4) is 17.6 Å². The number of carbonyl (C=O) groups excluding carboxylic acids is 1. The summed E-state index contributed by atoms with van der Waals surface area (Å²) in [5.41, 5.74) is 0.177. The Morgan fingerprint density at radius 2 is 1.73 bits per heavy atom. The van der Waals surface area contributed by atoms with Gasteiger partial charge in [0, 0.05) is 36.2 Å². The Bertz CT molecular complexity index is 1310. The monoisotopic (exact) mass is 521 g/mol. The van der Waals surface area contributed by atoms with Gasteiger partial charge in [0.1, 0.15) is 16.4 Å². The molecule has 1 saturated heterocycles. The Morgan fingerprint density at radius 3 is 2.33 bits per heavy atom. The molecule has 1 fully saturated rings. The van der Waals surface area contributed by atoms with Crippen LogP contribution in [0.1, 0.15) is 15.2 Å². The van der Waals surface area contributed by atoms with Gasteiger partial charge < -0.3 is 9.64 Å². The van der Waals surface area contributed by atoms with Crippen molar-refractivity contribution >= 4 is 50.5 Å². The molecule has 0 saturated carbocycles. The van der Waals surface area contributed by atoms with E-state index >= 15 is 0 Å². The lowest BCUT2D eigenvalue weighted by Gasteiger charge is -2.34. The first-order valence-electron chi connectivity index (χ1n) is 9.79. The van der Waals surface area contributed by atoms with Crippen LogP contribution < -0.4 is 4.74 Å². The number of amides is 1. The average Bonchev–Trinajstić information content (AvgIpc) is 3.33. The summed E-state index contributed by atoms with van der Waals surface area (Å²) in [4.78, 5) is 14.7. The van der Waals surface area contributed by atoms with Crippen molar-refractivity contribution in [2.45, 2.75) is 4.90 Å². The molecule has 1 amide bonds. The van der Waals surface area contributed by atoms with Crippen molar-refractivity contribution in [1.82, 2.24) is 9.21 Å². The van der Waals surface area contributed by atoms with E-state index in [0.29, 0.717) is 14.9 Å². The smallest absolute Gasteiger partial charge is 0.264 e. The fraction of sp³-hybridized carbons (Fsp3) is 0.182. The third-order valence-electron chi connectivity index (χ3n) is 5.01. The van der Waals surface area contributed by atoms with Crippen LogP contribution in [0.3, 0.4) is 0 Å². The van der Waals surface area contributed by atoms with Gasteiger partial charge in [0.15, 0.2) is 0 Å². The molecule has 0 unspecified atom stereocenters. The Hall–Kier alpha value is -2.61. The normalized spacial score (nSPS) is 14.6. The maximum atomic E-state index is 13.5. The molecule has 1 aliphatic rings. The third-order valence-corrected chi connectivity index (χ3v) is 8.23. The Labute approximate surface area is 205 Å². The molecule has 2 aromatic carbocycles. The number of nitriles is 1. The summed E-state index contributed by atoms with van der Waals surface area (Å²) in [6, 6.07) is 14.2. The minimum atomic E-state index is -4.01. The zero-order valence-corrected chi connectivity index (χ0v) is 20.2. The highest BCUT2D eigenvalue weighted by molar-refractivity contribution is 7.89. The Kier molecular flexibility index (Phi) is 6.93. The van der Waals surface area contributed by atoms with Gasteiger partial charge in [-0.25, -0.2) is 8.42 Å². The van der Waals surface area contributed by atoms with Crippen LogP contribution in [0.15, 0.2) is 58.8 Å². The molecule has 1 aromatic heterocycles. The first-order chi connectivity index (χ1) is 15.8. The molecule has 170 valence electrons. The molecule has 3 aromatic rings. The van der Waals surface area contributed by atoms with Gasteiger partial charge in [-0.05, 0) is 47.8 Å². The fourth-order valence-corrected chi connectivity index (χ4v) is 6.16. The van der Waals surface area contributed by atoms with Crippen LogP contribution in [0.4, 0.5) is 0 Å². The molecular weight excluding hydrogens is 505 g/mol. The van der Waals surface area contributed by atoms with E-state index in [4.69, 9.17) is 27.9 Å². The average molecular weight is 522 g/mol. The van der Waals surface area contributed by atoms with Gasteiger partial charge in [0.25, 0.3) is 5.91 Å². The lowest BCUT2D eigenvalue weighted by Crippen LogP contribution is -2.50. The largest absolute Gasteiger partial charge is 0.456 e. The molecule has 7 nitrogen and oxygen atoms in total. The molecule has 4 rings (SSSR count). The molecule has 0 aliphatic carbocycles. The number of benzene rings is 2. The van der Waals surface area contributed by atoms with Crippen LogP contribution in [0.5, 0.6) is 11.5 Å². The molecule has 33 heavy (non-hydrogen) atoms. The summed E-state index contributed by atoms with van der Waals surface area (Å²) in [5.74, 6) is 0.194. The van der Waals surface area contributed by atoms with Gasteiger partial charge >= 0.3 is 0 Å². The van der Waals surface area contributed by atoms with Crippen LogP contribution >= 0.6 is 34.5 Å². The topological polar surface area (TPSA) is 90.7 Å². The summed E-state index contributed by atoms with van der Waals surface area (Å²) in [6.45, 7) is 0.763. The van der Waals surface area contributed by atoms with Gasteiger partial charge in [-0.3, -0.25) is 4.79 Å². The van der Waals surface area contributed by atoms with E-state index < -0.39 is 10.0 Å². The number of carbonyl (C=O) groups is 1. The second-order valence-corrected chi connectivity index (χ2v) is 10.9. The van der Waals surface area contributed by atoms with E-state index in [-0.39, 0.29) is 54.0 Å². The Balaban J connectivity index is 1.59. The number of ether oxygens (including phenoxy) is 1. The number of hydrogen-bond acceptors (Lipinski definition) is 6. The molecule has 2 heterocycles. The summed E-state index contributed by atoms with van der Waals surface area (Å²) in [5, 5.41) is 11.8. The van der Waals surface area contributed by atoms with Crippen molar-refractivity contribution in [2.24, 2.45) is 0 Å². The molecule has 0 bridgehead atoms. The highest BCUT2D eigenvalue weighted by Gasteiger charge is 2.33. The van der Waals surface area contributed by atoms with E-state index in [1.165, 1.54) is 52.0 Å². The van der Waals surface area contributed by atoms with Crippen LogP contribution in [0.25, 0.3) is 0 Å². The van der Waals surface area contributed by atoms with E-state index in [0.717, 1.165) is 0 Å². The Morgan fingerprint density at radius 1 is 1.03 bits per heavy atom. The number of halogens is 2. The second kappa shape index (κ2) is 9.71. The summed E-state index contributed by atoms with van der Waals surface area (Å²) in [6.07, 6.45) is 0. The SMILES string of the molecule is N#Cc1ccc(Oc2cc(Cl)cc(Cl)c2)c(S(=O)(=O)N2CCN(C(=O)c3cccs3)CC2)c1. The molecule has 0 spiro atoms. The fourth-order valence-electron chi connectivity index (χ4n) is 3.40. The standard InChI is InChI=1S/C22H17Cl2N3O4S2/c23-16-11-17(24)13-18(12-16)31-19-4-3-15(14-25)10-21(19)33(29,30)27-7-5-26(6-8-27)22(28)20-2-1-9-32-20/h1-4,9-13H,5-8H2. The quantitative estimate of drug-likeness (QED) is 0.477. The van der Waals surface area contributed by atoms with Gasteiger partial charge in [-0.2, -0.15) is 9.57 Å². The lowest BCUT2D eigenvalue weighted by molar-refractivity contribution is 0.0702. The highest BCUT2D eigenvalue weighted by Crippen LogP contribution is 2.34. The van der Waals surface area contributed by atoms with Crippen LogP contribution in [0.2, 0.25) is 10.0 Å². The number of piperazine rings is 1. The van der Waals surface area contributed by atoms with Gasteiger partial charge in [0.2, 0.25) is 10.0 Å². The van der Waals surface area contributed by atoms with Crippen molar-refractivity contribution in [1.29, 1.82) is 5.26 Å². The number of rotatable bonds is 5. The van der Waals surface area contributed by atoms with E-state index in [2.05, 4.69) is 0 Å². The zero-order chi connectivity index (χ0) is 23.6. The minimum absolute atomic E-state index is 0.0458. The highest BCUT2D eigenvalue weighted by atomic mass is 35.5. The summed E-state index contributed by atoms with van der Waals surface area (Å²) in [7, 11) is -4.01. The second-order valence-electron chi connectivity index (χ2n) is 7.15. The first-order valence-corrected chi connectivity index (χ1v) is 12.9. The molecular formula is C22H17Cl2N3O4S2. The van der Waals surface area contributed by atoms with Crippen molar-refractivity contribution in [3.05, 3.63) is 74.4 Å². The van der Waals surface area contributed by atoms with Crippen LogP contribution in [-0.2, 0) is 10.0 Å². The lowest BCUT2D eigenvalue weighted by atomic mass is 10.2. The number of hydrogen-bond donors (Lipinski definition) is 0. The van der Waals surface area contributed by atoms with Crippen molar-refractivity contribution in [2.75, 3.05) is 26.2 Å². The van der Waals surface area contributed by atoms with Gasteiger partial charge in [-0.1, -0.05) is 29.3 Å². The van der Waals surface area contributed by atoms with E-state index in [9.17, 15) is 18.5 Å². The van der Waals surface area contributed by atoms with Gasteiger partial charge in [-0.15, -0.1) is 11.3 Å². The number of sulfonamides is 1. The molecule has 1 aliphatic heterocycles.